The van der Waals surface area contributed by atoms with Crippen molar-refractivity contribution in [2.24, 2.45) is 0 Å². The predicted octanol–water partition coefficient (Wildman–Crippen LogP) is 1.43. The molecule has 0 atom stereocenters. The van der Waals surface area contributed by atoms with E-state index in [1.165, 1.54) is 11.8 Å². The second kappa shape index (κ2) is 3.16. The van der Waals surface area contributed by atoms with Crippen LogP contribution in [0, 0.1) is 0 Å². The molecule has 4 heteroatoms. The van der Waals surface area contributed by atoms with E-state index >= 15 is 0 Å². The number of carbonyl (C=O) groups is 1. The molecule has 1 N–H and O–H groups in total. The second-order valence-corrected chi connectivity index (χ2v) is 3.54. The third kappa shape index (κ3) is 1.58. The van der Waals surface area contributed by atoms with E-state index in [9.17, 15) is 4.79 Å². The largest absolute Gasteiger partial charge is 0.307 e. The predicted molar refractivity (Wildman–Crippen MR) is 46.7 cm³/mol. The number of hydrogen-bond acceptors (Lipinski definition) is 3. The lowest BCUT2D eigenvalue weighted by atomic mass is 10.4. The Balaban J connectivity index is 2.72. The molecule has 0 saturated carbocycles. The highest BCUT2D eigenvalue weighted by Gasteiger charge is 2.20. The van der Waals surface area contributed by atoms with Crippen molar-refractivity contribution in [2.75, 3.05) is 0 Å². The van der Waals surface area contributed by atoms with Gasteiger partial charge in [-0.1, -0.05) is 37.0 Å². The average Bonchev–Trinajstić information content (AvgIpc) is 2.13. The van der Waals surface area contributed by atoms with Crippen LogP contribution in [-0.4, -0.2) is 10.2 Å². The molecular formula is C6H7NOS2. The van der Waals surface area contributed by atoms with Gasteiger partial charge in [0.25, 0.3) is 5.91 Å². The SMILES string of the molecule is CCC=C1SC(=S)NC1=O. The monoisotopic (exact) mass is 173 g/mol. The number of allylic oxidation sites excluding steroid dienone is 1. The molecule has 0 aromatic carbocycles. The molecule has 2 nitrogen and oxygen atoms in total. The topological polar surface area (TPSA) is 29.1 Å². The van der Waals surface area contributed by atoms with Gasteiger partial charge in [0, 0.05) is 0 Å². The molecule has 10 heavy (non-hydrogen) atoms. The van der Waals surface area contributed by atoms with Gasteiger partial charge in [-0.15, -0.1) is 0 Å². The summed E-state index contributed by atoms with van der Waals surface area (Å²) in [4.78, 5) is 11.6. The lowest BCUT2D eigenvalue weighted by Crippen LogP contribution is -2.17. The van der Waals surface area contributed by atoms with Crippen molar-refractivity contribution in [3.05, 3.63) is 11.0 Å². The molecule has 1 rings (SSSR count). The summed E-state index contributed by atoms with van der Waals surface area (Å²) in [6, 6.07) is 0. The van der Waals surface area contributed by atoms with E-state index in [0.717, 1.165) is 11.3 Å². The van der Waals surface area contributed by atoms with Crippen LogP contribution in [0.15, 0.2) is 11.0 Å². The number of amides is 1. The Morgan fingerprint density at radius 3 is 2.90 bits per heavy atom. The molecule has 1 aliphatic heterocycles. The van der Waals surface area contributed by atoms with Gasteiger partial charge in [0.05, 0.1) is 4.91 Å². The summed E-state index contributed by atoms with van der Waals surface area (Å²) in [5.41, 5.74) is 0. The molecule has 0 bridgehead atoms. The first kappa shape index (κ1) is 7.75. The molecule has 54 valence electrons. The normalized spacial score (nSPS) is 21.9. The summed E-state index contributed by atoms with van der Waals surface area (Å²) in [6.45, 7) is 1.99. The van der Waals surface area contributed by atoms with Crippen LogP contribution in [0.2, 0.25) is 0 Å². The molecule has 1 aliphatic rings. The van der Waals surface area contributed by atoms with Gasteiger partial charge in [0.2, 0.25) is 0 Å². The Bertz CT molecular complexity index is 210. The molecule has 0 aliphatic carbocycles. The van der Waals surface area contributed by atoms with Crippen LogP contribution >= 0.6 is 24.0 Å². The van der Waals surface area contributed by atoms with E-state index in [0.29, 0.717) is 4.32 Å². The molecule has 0 aromatic rings. The highest BCUT2D eigenvalue weighted by molar-refractivity contribution is 8.26. The summed E-state index contributed by atoms with van der Waals surface area (Å²) in [7, 11) is 0. The first-order valence-electron chi connectivity index (χ1n) is 2.97. The van der Waals surface area contributed by atoms with Crippen LogP contribution in [0.3, 0.4) is 0 Å². The number of thiocarbonyl (C=S) groups is 1. The minimum Gasteiger partial charge on any atom is -0.307 e. The van der Waals surface area contributed by atoms with Crippen LogP contribution < -0.4 is 5.32 Å². The zero-order valence-corrected chi connectivity index (χ0v) is 7.14. The summed E-state index contributed by atoms with van der Waals surface area (Å²) >= 11 is 6.11. The Kier molecular flexibility index (Phi) is 2.45. The number of nitrogens with one attached hydrogen (secondary N) is 1. The summed E-state index contributed by atoms with van der Waals surface area (Å²) in [5.74, 6) is -0.0585. The first-order chi connectivity index (χ1) is 4.74. The fraction of sp³-hybridized carbons (Fsp3) is 0.333. The quantitative estimate of drug-likeness (QED) is 0.480. The molecular weight excluding hydrogens is 166 g/mol. The van der Waals surface area contributed by atoms with Crippen LogP contribution in [0.5, 0.6) is 0 Å². The minimum absolute atomic E-state index is 0.0585. The highest BCUT2D eigenvalue weighted by Crippen LogP contribution is 2.23. The lowest BCUT2D eigenvalue weighted by molar-refractivity contribution is -0.115. The van der Waals surface area contributed by atoms with E-state index in [1.807, 2.05) is 13.0 Å². The van der Waals surface area contributed by atoms with Crippen molar-refractivity contribution >= 4 is 34.2 Å². The van der Waals surface area contributed by atoms with Gasteiger partial charge < -0.3 is 5.32 Å². The number of thioether (sulfide) groups is 1. The summed E-state index contributed by atoms with van der Waals surface area (Å²) in [6.07, 6.45) is 2.75. The van der Waals surface area contributed by atoms with E-state index in [2.05, 4.69) is 5.32 Å². The zero-order chi connectivity index (χ0) is 7.56. The molecule has 1 amide bonds. The number of hydrogen-bond donors (Lipinski definition) is 1. The maximum atomic E-state index is 10.9. The molecule has 1 heterocycles. The van der Waals surface area contributed by atoms with Gasteiger partial charge in [-0.3, -0.25) is 4.79 Å². The van der Waals surface area contributed by atoms with E-state index < -0.39 is 0 Å². The van der Waals surface area contributed by atoms with Gasteiger partial charge in [0.1, 0.15) is 4.32 Å². The third-order valence-corrected chi connectivity index (χ3v) is 2.24. The zero-order valence-electron chi connectivity index (χ0n) is 5.51. The van der Waals surface area contributed by atoms with Crippen molar-refractivity contribution in [3.63, 3.8) is 0 Å². The first-order valence-corrected chi connectivity index (χ1v) is 4.20. The molecule has 0 aromatic heterocycles. The van der Waals surface area contributed by atoms with Crippen molar-refractivity contribution in [1.82, 2.24) is 5.32 Å². The van der Waals surface area contributed by atoms with Crippen molar-refractivity contribution in [3.8, 4) is 0 Å². The van der Waals surface area contributed by atoms with Crippen molar-refractivity contribution in [2.45, 2.75) is 13.3 Å². The van der Waals surface area contributed by atoms with E-state index in [1.54, 1.807) is 0 Å². The number of carbonyl (C=O) groups excluding carboxylic acids is 1. The Hall–Kier alpha value is -0.350. The maximum Gasteiger partial charge on any atom is 0.263 e. The minimum atomic E-state index is -0.0585. The molecule has 1 saturated heterocycles. The summed E-state index contributed by atoms with van der Waals surface area (Å²) in [5, 5.41) is 2.54. The molecule has 0 radical (unpaired) electrons. The van der Waals surface area contributed by atoms with Crippen molar-refractivity contribution < 1.29 is 4.79 Å². The number of rotatable bonds is 1. The Morgan fingerprint density at radius 2 is 2.50 bits per heavy atom. The second-order valence-electron chi connectivity index (χ2n) is 1.82. The van der Waals surface area contributed by atoms with E-state index in [-0.39, 0.29) is 5.91 Å². The van der Waals surface area contributed by atoms with Gasteiger partial charge in [-0.2, -0.15) is 0 Å². The van der Waals surface area contributed by atoms with Gasteiger partial charge in [0.15, 0.2) is 0 Å². The van der Waals surface area contributed by atoms with Gasteiger partial charge in [-0.25, -0.2) is 0 Å². The van der Waals surface area contributed by atoms with Crippen LogP contribution in [-0.2, 0) is 4.79 Å². The van der Waals surface area contributed by atoms with E-state index in [4.69, 9.17) is 12.2 Å². The molecule has 0 unspecified atom stereocenters. The summed E-state index contributed by atoms with van der Waals surface area (Å²) < 4.78 is 0.560. The van der Waals surface area contributed by atoms with Crippen molar-refractivity contribution in [1.29, 1.82) is 0 Å². The molecule has 0 spiro atoms. The standard InChI is InChI=1S/C6H7NOS2/c1-2-3-4-5(8)7-6(9)10-4/h3H,2H2,1H3,(H,7,8,9). The van der Waals surface area contributed by atoms with Crippen LogP contribution in [0.25, 0.3) is 0 Å². The highest BCUT2D eigenvalue weighted by atomic mass is 32.2. The Morgan fingerprint density at radius 1 is 1.80 bits per heavy atom. The lowest BCUT2D eigenvalue weighted by Gasteiger charge is -1.85. The fourth-order valence-corrected chi connectivity index (χ4v) is 1.75. The average molecular weight is 173 g/mol. The fourth-order valence-electron chi connectivity index (χ4n) is 0.646. The molecule has 1 fully saturated rings. The smallest absolute Gasteiger partial charge is 0.263 e. The van der Waals surface area contributed by atoms with Crippen LogP contribution in [0.4, 0.5) is 0 Å². The van der Waals surface area contributed by atoms with Crippen LogP contribution in [0.1, 0.15) is 13.3 Å². The maximum absolute atomic E-state index is 10.9. The Labute approximate surface area is 69.1 Å². The van der Waals surface area contributed by atoms with Gasteiger partial charge >= 0.3 is 0 Å². The van der Waals surface area contributed by atoms with Gasteiger partial charge in [-0.05, 0) is 6.42 Å². The third-order valence-electron chi connectivity index (χ3n) is 1.03.